The van der Waals surface area contributed by atoms with Gasteiger partial charge in [0.15, 0.2) is 0 Å². The summed E-state index contributed by atoms with van der Waals surface area (Å²) in [6, 6.07) is 6.69. The molecular formula is C23H38NO6P. The van der Waals surface area contributed by atoms with E-state index in [4.69, 9.17) is 25.0 Å². The Hall–Kier alpha value is -0.790. The summed E-state index contributed by atoms with van der Waals surface area (Å²) in [7, 11) is -4.49. The van der Waals surface area contributed by atoms with Gasteiger partial charge in [0.25, 0.3) is 0 Å². The van der Waals surface area contributed by atoms with Crippen LogP contribution < -0.4 is 5.73 Å². The molecule has 0 aromatic heterocycles. The van der Waals surface area contributed by atoms with Crippen molar-refractivity contribution in [3.8, 4) is 0 Å². The van der Waals surface area contributed by atoms with Gasteiger partial charge in [0.1, 0.15) is 0 Å². The molecule has 2 aliphatic rings. The molecule has 2 aliphatic carbocycles. The second-order valence-electron chi connectivity index (χ2n) is 9.15. The lowest BCUT2D eigenvalue weighted by atomic mass is 9.85. The maximum Gasteiger partial charge on any atom is 0.469 e. The molecular weight excluding hydrogens is 417 g/mol. The Kier molecular flexibility index (Phi) is 9.11. The summed E-state index contributed by atoms with van der Waals surface area (Å²) in [5.41, 5.74) is 9.67. The molecule has 0 unspecified atom stereocenters. The highest BCUT2D eigenvalue weighted by Crippen LogP contribution is 2.44. The van der Waals surface area contributed by atoms with Crippen LogP contribution in [0.5, 0.6) is 0 Å². The topological polar surface area (TPSA) is 111 Å². The minimum absolute atomic E-state index is 0.111. The first-order chi connectivity index (χ1) is 14.8. The van der Waals surface area contributed by atoms with Gasteiger partial charge in [-0.1, -0.05) is 38.0 Å². The second kappa shape index (κ2) is 11.4. The van der Waals surface area contributed by atoms with Crippen LogP contribution in [0.3, 0.4) is 0 Å². The first-order valence-corrected chi connectivity index (χ1v) is 13.1. The highest BCUT2D eigenvalue weighted by Gasteiger charge is 2.38. The molecule has 0 aliphatic heterocycles. The Morgan fingerprint density at radius 1 is 1.16 bits per heavy atom. The van der Waals surface area contributed by atoms with Gasteiger partial charge in [0.05, 0.1) is 25.9 Å². The Morgan fingerprint density at radius 3 is 2.77 bits per heavy atom. The lowest BCUT2D eigenvalue weighted by Crippen LogP contribution is -2.41. The standard InChI is InChI=1S/C23H38NO6P/c1-2-3-4-11-28-12-13-29-22-8-7-18-14-19(5-6-20(18)15-22)21-9-10-23(24,16-21)17-30-31(25,26)27/h5-6,14,21-22H,2-4,7-13,15-17,24H2,1H3,(H2,25,26,27)/t21-,22-,23+/m0/s1. The molecule has 3 atom stereocenters. The summed E-state index contributed by atoms with van der Waals surface area (Å²) in [4.78, 5) is 17.9. The monoisotopic (exact) mass is 455 g/mol. The third kappa shape index (κ3) is 7.93. The van der Waals surface area contributed by atoms with Crippen LogP contribution in [-0.2, 0) is 31.4 Å². The number of rotatable bonds is 12. The van der Waals surface area contributed by atoms with Crippen LogP contribution in [0.1, 0.15) is 74.5 Å². The molecule has 1 saturated carbocycles. The third-order valence-corrected chi connectivity index (χ3v) is 6.99. The highest BCUT2D eigenvalue weighted by molar-refractivity contribution is 7.46. The van der Waals surface area contributed by atoms with Crippen LogP contribution in [-0.4, -0.2) is 47.9 Å². The molecule has 8 heteroatoms. The molecule has 3 rings (SSSR count). The predicted molar refractivity (Wildman–Crippen MR) is 120 cm³/mol. The van der Waals surface area contributed by atoms with Crippen molar-refractivity contribution in [1.29, 1.82) is 0 Å². The number of phosphoric ester groups is 1. The van der Waals surface area contributed by atoms with E-state index in [2.05, 4.69) is 29.6 Å². The summed E-state index contributed by atoms with van der Waals surface area (Å²) in [6.45, 7) is 4.23. The number of ether oxygens (including phenoxy) is 2. The summed E-state index contributed by atoms with van der Waals surface area (Å²) >= 11 is 0. The van der Waals surface area contributed by atoms with Crippen molar-refractivity contribution in [2.24, 2.45) is 5.73 Å². The van der Waals surface area contributed by atoms with Crippen LogP contribution in [0.25, 0.3) is 0 Å². The summed E-state index contributed by atoms with van der Waals surface area (Å²) < 4.78 is 27.4. The largest absolute Gasteiger partial charge is 0.469 e. The van der Waals surface area contributed by atoms with Crippen LogP contribution in [0.15, 0.2) is 18.2 Å². The van der Waals surface area contributed by atoms with E-state index in [1.807, 2.05) is 0 Å². The van der Waals surface area contributed by atoms with E-state index in [1.54, 1.807) is 0 Å². The first kappa shape index (κ1) is 24.8. The molecule has 4 N–H and O–H groups in total. The van der Waals surface area contributed by atoms with Crippen molar-refractivity contribution in [2.75, 3.05) is 26.4 Å². The number of aryl methyl sites for hydroxylation is 1. The molecule has 0 bridgehead atoms. The molecule has 0 spiro atoms. The van der Waals surface area contributed by atoms with Crippen LogP contribution in [0, 0.1) is 0 Å². The average molecular weight is 456 g/mol. The zero-order valence-electron chi connectivity index (χ0n) is 18.6. The van der Waals surface area contributed by atoms with Crippen molar-refractivity contribution in [3.05, 3.63) is 34.9 Å². The number of hydrogen-bond donors (Lipinski definition) is 3. The van der Waals surface area contributed by atoms with E-state index in [-0.39, 0.29) is 12.7 Å². The first-order valence-electron chi connectivity index (χ1n) is 11.6. The van der Waals surface area contributed by atoms with Gasteiger partial charge in [0.2, 0.25) is 0 Å². The molecule has 1 aromatic rings. The highest BCUT2D eigenvalue weighted by atomic mass is 31.2. The van der Waals surface area contributed by atoms with E-state index in [0.717, 1.165) is 38.7 Å². The fraction of sp³-hybridized carbons (Fsp3) is 0.739. The van der Waals surface area contributed by atoms with E-state index < -0.39 is 13.4 Å². The number of unbranched alkanes of at least 4 members (excludes halogenated alkanes) is 2. The van der Waals surface area contributed by atoms with E-state index in [1.165, 1.54) is 29.5 Å². The van der Waals surface area contributed by atoms with Gasteiger partial charge < -0.3 is 25.0 Å². The minimum atomic E-state index is -4.49. The fourth-order valence-corrected chi connectivity index (χ4v) is 5.18. The van der Waals surface area contributed by atoms with Crippen molar-refractivity contribution in [1.82, 2.24) is 0 Å². The van der Waals surface area contributed by atoms with Crippen molar-refractivity contribution in [3.63, 3.8) is 0 Å². The Labute approximate surface area is 185 Å². The maximum atomic E-state index is 11.0. The molecule has 1 aromatic carbocycles. The normalized spacial score (nSPS) is 26.2. The lowest BCUT2D eigenvalue weighted by Gasteiger charge is -2.27. The van der Waals surface area contributed by atoms with Gasteiger partial charge in [-0.2, -0.15) is 0 Å². The van der Waals surface area contributed by atoms with Crippen LogP contribution in [0.2, 0.25) is 0 Å². The fourth-order valence-electron chi connectivity index (χ4n) is 4.75. The van der Waals surface area contributed by atoms with Gasteiger partial charge >= 0.3 is 7.82 Å². The zero-order chi connectivity index (χ0) is 22.3. The van der Waals surface area contributed by atoms with Crippen LogP contribution in [0.4, 0.5) is 0 Å². The van der Waals surface area contributed by atoms with E-state index in [0.29, 0.717) is 32.0 Å². The predicted octanol–water partition coefficient (Wildman–Crippen LogP) is 3.84. The Balaban J connectivity index is 1.45. The quantitative estimate of drug-likeness (QED) is 0.324. The molecule has 7 nitrogen and oxygen atoms in total. The smallest absolute Gasteiger partial charge is 0.379 e. The summed E-state index contributed by atoms with van der Waals surface area (Å²) in [5.74, 6) is 0.300. The van der Waals surface area contributed by atoms with Crippen molar-refractivity contribution >= 4 is 7.82 Å². The average Bonchev–Trinajstić information content (AvgIpc) is 3.13. The van der Waals surface area contributed by atoms with Gasteiger partial charge in [-0.3, -0.25) is 4.52 Å². The van der Waals surface area contributed by atoms with E-state index >= 15 is 0 Å². The van der Waals surface area contributed by atoms with Crippen LogP contribution >= 0.6 is 7.82 Å². The molecule has 0 saturated heterocycles. The minimum Gasteiger partial charge on any atom is -0.379 e. The second-order valence-corrected chi connectivity index (χ2v) is 10.4. The molecule has 0 amide bonds. The maximum absolute atomic E-state index is 11.0. The van der Waals surface area contributed by atoms with Gasteiger partial charge in [-0.05, 0) is 67.6 Å². The Morgan fingerprint density at radius 2 is 2.00 bits per heavy atom. The SMILES string of the molecule is CCCCCOCCO[C@H]1CCc2cc([C@H]3CC[C@](N)(COP(=O)(O)O)C3)ccc2C1. The number of phosphoric acid groups is 1. The zero-order valence-corrected chi connectivity index (χ0v) is 19.5. The van der Waals surface area contributed by atoms with E-state index in [9.17, 15) is 4.57 Å². The number of benzene rings is 1. The number of fused-ring (bicyclic) bond motifs is 1. The number of nitrogens with two attached hydrogens (primary N) is 1. The van der Waals surface area contributed by atoms with Gasteiger partial charge in [0, 0.05) is 12.1 Å². The van der Waals surface area contributed by atoms with Gasteiger partial charge in [-0.15, -0.1) is 0 Å². The van der Waals surface area contributed by atoms with Crippen molar-refractivity contribution < 1.29 is 28.3 Å². The molecule has 0 heterocycles. The summed E-state index contributed by atoms with van der Waals surface area (Å²) in [5, 5.41) is 0. The summed E-state index contributed by atoms with van der Waals surface area (Å²) in [6.07, 6.45) is 9.06. The lowest BCUT2D eigenvalue weighted by molar-refractivity contribution is -0.00106. The third-order valence-electron chi connectivity index (χ3n) is 6.52. The number of hydrogen-bond acceptors (Lipinski definition) is 5. The molecule has 1 fully saturated rings. The molecule has 176 valence electrons. The van der Waals surface area contributed by atoms with Gasteiger partial charge in [-0.25, -0.2) is 4.57 Å². The van der Waals surface area contributed by atoms with Crippen molar-refractivity contribution in [2.45, 2.75) is 82.3 Å². The molecule has 0 radical (unpaired) electrons. The molecule has 31 heavy (non-hydrogen) atoms. The Bertz CT molecular complexity index is 754.